The molecule has 1 N–H and O–H groups in total. The summed E-state index contributed by atoms with van der Waals surface area (Å²) in [6.45, 7) is 1.69. The van der Waals surface area contributed by atoms with Crippen molar-refractivity contribution in [3.05, 3.63) is 20.3 Å². The van der Waals surface area contributed by atoms with E-state index in [1.54, 1.807) is 0 Å². The van der Waals surface area contributed by atoms with Crippen molar-refractivity contribution in [3.8, 4) is 0 Å². The van der Waals surface area contributed by atoms with Crippen LogP contribution in [-0.2, 0) is 4.74 Å². The van der Waals surface area contributed by atoms with Crippen molar-refractivity contribution in [2.75, 3.05) is 20.3 Å². The molecule has 5 heteroatoms. The Hall–Kier alpha value is 0.200. The van der Waals surface area contributed by atoms with Gasteiger partial charge in [-0.15, -0.1) is 11.3 Å². The van der Waals surface area contributed by atoms with Crippen molar-refractivity contribution in [1.29, 1.82) is 0 Å². The summed E-state index contributed by atoms with van der Waals surface area (Å²) in [5, 5.41) is 3.35. The molecule has 1 saturated heterocycles. The van der Waals surface area contributed by atoms with Crippen LogP contribution in [0.3, 0.4) is 0 Å². The van der Waals surface area contributed by atoms with Crippen LogP contribution >= 0.6 is 34.5 Å². The average molecular weight is 280 g/mol. The molecule has 2 nitrogen and oxygen atoms in total. The average Bonchev–Trinajstić information content (AvgIpc) is 2.61. The molecule has 0 bridgehead atoms. The maximum absolute atomic E-state index is 6.20. The minimum absolute atomic E-state index is 0.292. The molecule has 0 spiro atoms. The van der Waals surface area contributed by atoms with Crippen molar-refractivity contribution in [1.82, 2.24) is 5.32 Å². The lowest BCUT2D eigenvalue weighted by Gasteiger charge is -2.30. The number of thiophene rings is 1. The van der Waals surface area contributed by atoms with Crippen LogP contribution in [0, 0.1) is 5.92 Å². The van der Waals surface area contributed by atoms with E-state index in [1.165, 1.54) is 11.3 Å². The molecule has 1 aliphatic rings. The zero-order valence-corrected chi connectivity index (χ0v) is 11.5. The van der Waals surface area contributed by atoms with Crippen LogP contribution in [-0.4, -0.2) is 20.3 Å². The fourth-order valence-corrected chi connectivity index (χ4v) is 3.81. The van der Waals surface area contributed by atoms with Gasteiger partial charge in [0.1, 0.15) is 0 Å². The Kier molecular flexibility index (Phi) is 4.50. The predicted molar refractivity (Wildman–Crippen MR) is 69.7 cm³/mol. The summed E-state index contributed by atoms with van der Waals surface area (Å²) in [4.78, 5) is 0. The highest BCUT2D eigenvalue weighted by Crippen LogP contribution is 2.39. The molecule has 90 valence electrons. The lowest BCUT2D eigenvalue weighted by atomic mass is 9.88. The van der Waals surface area contributed by atoms with Crippen LogP contribution in [0.4, 0.5) is 0 Å². The summed E-state index contributed by atoms with van der Waals surface area (Å²) in [5.74, 6) is 0.585. The van der Waals surface area contributed by atoms with Gasteiger partial charge in [0.2, 0.25) is 0 Å². The highest BCUT2D eigenvalue weighted by Gasteiger charge is 2.26. The summed E-state index contributed by atoms with van der Waals surface area (Å²) in [6.07, 6.45) is 2.16. The van der Waals surface area contributed by atoms with E-state index in [0.29, 0.717) is 12.0 Å². The third kappa shape index (κ3) is 2.71. The van der Waals surface area contributed by atoms with E-state index in [4.69, 9.17) is 27.9 Å². The van der Waals surface area contributed by atoms with E-state index < -0.39 is 0 Å². The second-order valence-corrected chi connectivity index (χ2v) is 6.28. The second kappa shape index (κ2) is 5.69. The van der Waals surface area contributed by atoms with Gasteiger partial charge in [0.25, 0.3) is 0 Å². The number of hydrogen-bond acceptors (Lipinski definition) is 3. The van der Waals surface area contributed by atoms with E-state index >= 15 is 0 Å². The Bertz CT molecular complexity index is 350. The summed E-state index contributed by atoms with van der Waals surface area (Å²) >= 11 is 13.6. The molecule has 1 unspecified atom stereocenters. The molecule has 1 aliphatic heterocycles. The molecule has 0 radical (unpaired) electrons. The molecule has 0 amide bonds. The van der Waals surface area contributed by atoms with Gasteiger partial charge >= 0.3 is 0 Å². The SMILES string of the molecule is CNC(c1cc(Cl)sc1Cl)C1CCOCC1. The van der Waals surface area contributed by atoms with Gasteiger partial charge in [0, 0.05) is 24.8 Å². The molecule has 0 aliphatic carbocycles. The first-order chi connectivity index (χ1) is 7.72. The third-order valence-electron chi connectivity index (χ3n) is 3.07. The molecular weight excluding hydrogens is 265 g/mol. The summed E-state index contributed by atoms with van der Waals surface area (Å²) in [6, 6.07) is 2.27. The van der Waals surface area contributed by atoms with Gasteiger partial charge in [-0.25, -0.2) is 0 Å². The molecule has 2 heterocycles. The Labute approximate surface area is 110 Å². The van der Waals surface area contributed by atoms with Gasteiger partial charge in [-0.2, -0.15) is 0 Å². The van der Waals surface area contributed by atoms with Crippen LogP contribution < -0.4 is 5.32 Å². The van der Waals surface area contributed by atoms with Crippen molar-refractivity contribution < 1.29 is 4.74 Å². The zero-order valence-electron chi connectivity index (χ0n) is 9.13. The van der Waals surface area contributed by atoms with Gasteiger partial charge < -0.3 is 10.1 Å². The monoisotopic (exact) mass is 279 g/mol. The minimum atomic E-state index is 0.292. The molecule has 2 rings (SSSR count). The van der Waals surface area contributed by atoms with Gasteiger partial charge in [0.15, 0.2) is 0 Å². The highest BCUT2D eigenvalue weighted by atomic mass is 35.5. The van der Waals surface area contributed by atoms with E-state index in [-0.39, 0.29) is 0 Å². The van der Waals surface area contributed by atoms with Crippen molar-refractivity contribution in [2.45, 2.75) is 18.9 Å². The van der Waals surface area contributed by atoms with Crippen molar-refractivity contribution >= 4 is 34.5 Å². The maximum atomic E-state index is 6.20. The van der Waals surface area contributed by atoms with Gasteiger partial charge in [-0.3, -0.25) is 0 Å². The third-order valence-corrected chi connectivity index (χ3v) is 4.58. The molecule has 1 atom stereocenters. The van der Waals surface area contributed by atoms with Crippen LogP contribution in [0.25, 0.3) is 0 Å². The summed E-state index contributed by atoms with van der Waals surface area (Å²) in [5.41, 5.74) is 1.13. The van der Waals surface area contributed by atoms with Crippen molar-refractivity contribution in [2.24, 2.45) is 5.92 Å². The first kappa shape index (κ1) is 12.7. The Balaban J connectivity index is 2.17. The highest BCUT2D eigenvalue weighted by molar-refractivity contribution is 7.20. The summed E-state index contributed by atoms with van der Waals surface area (Å²) in [7, 11) is 1.97. The number of hydrogen-bond donors (Lipinski definition) is 1. The number of halogens is 2. The standard InChI is InChI=1S/C11H15Cl2NOS/c1-14-10(7-2-4-15-5-3-7)8-6-9(12)16-11(8)13/h6-7,10,14H,2-5H2,1H3. The lowest BCUT2D eigenvalue weighted by molar-refractivity contribution is 0.0547. The summed E-state index contributed by atoms with van der Waals surface area (Å²) < 4.78 is 6.94. The number of nitrogens with one attached hydrogen (secondary N) is 1. The Morgan fingerprint density at radius 2 is 2.12 bits per heavy atom. The quantitative estimate of drug-likeness (QED) is 0.910. The first-order valence-electron chi connectivity index (χ1n) is 5.42. The second-order valence-electron chi connectivity index (χ2n) is 4.00. The van der Waals surface area contributed by atoms with E-state index in [1.807, 2.05) is 13.1 Å². The van der Waals surface area contributed by atoms with E-state index in [0.717, 1.165) is 40.3 Å². The Morgan fingerprint density at radius 1 is 1.44 bits per heavy atom. The Morgan fingerprint density at radius 3 is 2.62 bits per heavy atom. The molecule has 1 aromatic rings. The van der Waals surface area contributed by atoms with E-state index in [9.17, 15) is 0 Å². The number of rotatable bonds is 3. The van der Waals surface area contributed by atoms with Crippen LogP contribution in [0.15, 0.2) is 6.07 Å². The zero-order chi connectivity index (χ0) is 11.5. The predicted octanol–water partition coefficient (Wildman–Crippen LogP) is 3.74. The van der Waals surface area contributed by atoms with Crippen LogP contribution in [0.1, 0.15) is 24.4 Å². The largest absolute Gasteiger partial charge is 0.381 e. The molecular formula is C11H15Cl2NOS. The van der Waals surface area contributed by atoms with Gasteiger partial charge in [-0.1, -0.05) is 23.2 Å². The smallest absolute Gasteiger partial charge is 0.0992 e. The normalized spacial score (nSPS) is 19.9. The van der Waals surface area contributed by atoms with Gasteiger partial charge in [-0.05, 0) is 31.9 Å². The van der Waals surface area contributed by atoms with E-state index in [2.05, 4.69) is 5.32 Å². The lowest BCUT2D eigenvalue weighted by Crippen LogP contribution is -2.29. The van der Waals surface area contributed by atoms with Crippen LogP contribution in [0.2, 0.25) is 8.67 Å². The number of ether oxygens (including phenoxy) is 1. The molecule has 1 fully saturated rings. The topological polar surface area (TPSA) is 21.3 Å². The maximum Gasteiger partial charge on any atom is 0.0992 e. The van der Waals surface area contributed by atoms with Crippen LogP contribution in [0.5, 0.6) is 0 Å². The fraction of sp³-hybridized carbons (Fsp3) is 0.636. The fourth-order valence-electron chi connectivity index (χ4n) is 2.26. The molecule has 1 aromatic heterocycles. The molecule has 0 saturated carbocycles. The molecule has 16 heavy (non-hydrogen) atoms. The molecule has 0 aromatic carbocycles. The first-order valence-corrected chi connectivity index (χ1v) is 6.99. The van der Waals surface area contributed by atoms with Gasteiger partial charge in [0.05, 0.1) is 8.67 Å². The van der Waals surface area contributed by atoms with Crippen molar-refractivity contribution in [3.63, 3.8) is 0 Å². The minimum Gasteiger partial charge on any atom is -0.381 e.